The third-order valence-electron chi connectivity index (χ3n) is 3.61. The average molecular weight is 256 g/mol. The van der Waals surface area contributed by atoms with Crippen molar-refractivity contribution in [2.45, 2.75) is 83.2 Å². The van der Waals surface area contributed by atoms with Crippen molar-refractivity contribution in [1.82, 2.24) is 0 Å². The molecule has 0 aliphatic carbocycles. The number of hydrogen-bond donors (Lipinski definition) is 1. The maximum Gasteiger partial charge on any atom is 0.305 e. The van der Waals surface area contributed by atoms with Crippen molar-refractivity contribution >= 4 is 5.97 Å². The molecule has 0 bridgehead atoms. The molecule has 106 valence electrons. The highest BCUT2D eigenvalue weighted by atomic mass is 16.5. The van der Waals surface area contributed by atoms with Crippen molar-refractivity contribution in [3.63, 3.8) is 0 Å². The Morgan fingerprint density at radius 1 is 0.833 bits per heavy atom. The number of carbonyl (C=O) groups is 1. The molecule has 0 aromatic heterocycles. The zero-order valence-electron chi connectivity index (χ0n) is 11.5. The minimum atomic E-state index is -0.211. The predicted molar refractivity (Wildman–Crippen MR) is 72.4 cm³/mol. The van der Waals surface area contributed by atoms with Gasteiger partial charge in [-0.3, -0.25) is 4.79 Å². The highest BCUT2D eigenvalue weighted by Gasteiger charge is 2.06. The molecule has 1 heterocycles. The summed E-state index contributed by atoms with van der Waals surface area (Å²) in [5.41, 5.74) is 0. The van der Waals surface area contributed by atoms with Gasteiger partial charge in [-0.25, -0.2) is 0 Å². The van der Waals surface area contributed by atoms with Crippen LogP contribution in [0.15, 0.2) is 0 Å². The molecule has 0 saturated carbocycles. The molecular formula is C15H28O3. The van der Waals surface area contributed by atoms with Crippen LogP contribution in [0.4, 0.5) is 0 Å². The van der Waals surface area contributed by atoms with Gasteiger partial charge in [-0.2, -0.15) is 0 Å². The predicted octanol–water partition coefficient (Wildman–Crippen LogP) is 3.59. The maximum atomic E-state index is 11.4. The molecule has 1 saturated heterocycles. The lowest BCUT2D eigenvalue weighted by atomic mass is 10.0. The highest BCUT2D eigenvalue weighted by Crippen LogP contribution is 2.14. The molecule has 18 heavy (non-hydrogen) atoms. The van der Waals surface area contributed by atoms with E-state index < -0.39 is 0 Å². The van der Waals surface area contributed by atoms with E-state index in [-0.39, 0.29) is 12.1 Å². The Labute approximate surface area is 111 Å². The molecule has 0 radical (unpaired) electrons. The molecule has 3 nitrogen and oxygen atoms in total. The van der Waals surface area contributed by atoms with Crippen molar-refractivity contribution in [3.8, 4) is 0 Å². The Morgan fingerprint density at radius 2 is 1.39 bits per heavy atom. The lowest BCUT2D eigenvalue weighted by Gasteiger charge is -2.11. The molecular weight excluding hydrogens is 228 g/mol. The summed E-state index contributed by atoms with van der Waals surface area (Å²) in [6, 6.07) is 0. The van der Waals surface area contributed by atoms with Gasteiger partial charge in [-0.1, -0.05) is 44.9 Å². The molecule has 0 spiro atoms. The van der Waals surface area contributed by atoms with Gasteiger partial charge in [-0.15, -0.1) is 0 Å². The van der Waals surface area contributed by atoms with Crippen molar-refractivity contribution < 1.29 is 14.6 Å². The van der Waals surface area contributed by atoms with Gasteiger partial charge >= 0.3 is 5.97 Å². The molecule has 1 aliphatic heterocycles. The monoisotopic (exact) mass is 256 g/mol. The van der Waals surface area contributed by atoms with Gasteiger partial charge in [0.2, 0.25) is 0 Å². The van der Waals surface area contributed by atoms with Crippen LogP contribution in [-0.2, 0) is 9.53 Å². The summed E-state index contributed by atoms with van der Waals surface area (Å²) in [6.45, 7) is 0.468. The maximum absolute atomic E-state index is 11.4. The summed E-state index contributed by atoms with van der Waals surface area (Å²) < 4.78 is 5.14. The zero-order chi connectivity index (χ0) is 13.1. The van der Waals surface area contributed by atoms with Crippen LogP contribution in [0.1, 0.15) is 77.0 Å². The highest BCUT2D eigenvalue weighted by molar-refractivity contribution is 5.69. The van der Waals surface area contributed by atoms with Crippen LogP contribution in [0, 0.1) is 0 Å². The molecule has 1 unspecified atom stereocenters. The summed E-state index contributed by atoms with van der Waals surface area (Å²) in [7, 11) is 0. The number of aliphatic hydroxyl groups excluding tert-OH is 1. The van der Waals surface area contributed by atoms with E-state index in [0.717, 1.165) is 38.5 Å². The van der Waals surface area contributed by atoms with Crippen LogP contribution in [0.3, 0.4) is 0 Å². The normalized spacial score (nSPS) is 26.5. The van der Waals surface area contributed by atoms with Crippen LogP contribution in [-0.4, -0.2) is 23.8 Å². The number of aliphatic hydroxyl groups is 1. The van der Waals surface area contributed by atoms with E-state index in [1.54, 1.807) is 0 Å². The quantitative estimate of drug-likeness (QED) is 0.674. The number of hydrogen-bond acceptors (Lipinski definition) is 3. The standard InChI is InChI=1S/C15H28O3/c16-14-10-7-5-3-1-2-4-6-8-12-15(17)18-13-9-11-14/h14,16H,1-13H2. The molecule has 1 rings (SSSR count). The Morgan fingerprint density at radius 3 is 2.11 bits per heavy atom. The summed E-state index contributed by atoms with van der Waals surface area (Å²) in [5, 5.41) is 9.74. The second-order valence-electron chi connectivity index (χ2n) is 5.38. The fourth-order valence-electron chi connectivity index (χ4n) is 2.43. The van der Waals surface area contributed by atoms with Crippen LogP contribution in [0.25, 0.3) is 0 Å². The van der Waals surface area contributed by atoms with Crippen molar-refractivity contribution in [3.05, 3.63) is 0 Å². The Bertz CT molecular complexity index is 216. The summed E-state index contributed by atoms with van der Waals surface area (Å²) in [4.78, 5) is 11.4. The summed E-state index contributed by atoms with van der Waals surface area (Å²) in [6.07, 6.45) is 12.3. The number of cyclic esters (lactones) is 1. The minimum Gasteiger partial charge on any atom is -0.466 e. The first-order chi connectivity index (χ1) is 8.79. The van der Waals surface area contributed by atoms with Gasteiger partial charge in [-0.05, 0) is 25.7 Å². The Hall–Kier alpha value is -0.570. The minimum absolute atomic E-state index is 0.0726. The number of rotatable bonds is 0. The van der Waals surface area contributed by atoms with Gasteiger partial charge < -0.3 is 9.84 Å². The van der Waals surface area contributed by atoms with E-state index in [2.05, 4.69) is 0 Å². The molecule has 0 amide bonds. The largest absolute Gasteiger partial charge is 0.466 e. The van der Waals surface area contributed by atoms with E-state index in [1.165, 1.54) is 32.1 Å². The molecule has 0 aromatic rings. The smallest absolute Gasteiger partial charge is 0.305 e. The van der Waals surface area contributed by atoms with E-state index in [9.17, 15) is 9.90 Å². The Kier molecular flexibility index (Phi) is 8.92. The van der Waals surface area contributed by atoms with Crippen LogP contribution >= 0.6 is 0 Å². The first-order valence-corrected chi connectivity index (χ1v) is 7.63. The summed E-state index contributed by atoms with van der Waals surface area (Å²) in [5.74, 6) is -0.0726. The van der Waals surface area contributed by atoms with Crippen LogP contribution in [0.5, 0.6) is 0 Å². The van der Waals surface area contributed by atoms with Gasteiger partial charge in [0, 0.05) is 6.42 Å². The lowest BCUT2D eigenvalue weighted by Crippen LogP contribution is -2.10. The number of esters is 1. The van der Waals surface area contributed by atoms with Crippen molar-refractivity contribution in [2.24, 2.45) is 0 Å². The fourth-order valence-corrected chi connectivity index (χ4v) is 2.43. The SMILES string of the molecule is O=C1CCCCCCCCCCC(O)CCCO1. The van der Waals surface area contributed by atoms with Gasteiger partial charge in [0.05, 0.1) is 12.7 Å². The molecule has 1 N–H and O–H groups in total. The van der Waals surface area contributed by atoms with Crippen LogP contribution in [0.2, 0.25) is 0 Å². The second kappa shape index (κ2) is 10.4. The Balaban J connectivity index is 2.20. The lowest BCUT2D eigenvalue weighted by molar-refractivity contribution is -0.144. The van der Waals surface area contributed by atoms with E-state index in [0.29, 0.717) is 13.0 Å². The second-order valence-corrected chi connectivity index (χ2v) is 5.38. The summed E-state index contributed by atoms with van der Waals surface area (Å²) >= 11 is 0. The topological polar surface area (TPSA) is 46.5 Å². The van der Waals surface area contributed by atoms with Crippen molar-refractivity contribution in [2.75, 3.05) is 6.61 Å². The first-order valence-electron chi connectivity index (χ1n) is 7.63. The van der Waals surface area contributed by atoms with Crippen LogP contribution < -0.4 is 0 Å². The molecule has 3 heteroatoms. The fraction of sp³-hybridized carbons (Fsp3) is 0.933. The number of carbonyl (C=O) groups excluding carboxylic acids is 1. The van der Waals surface area contributed by atoms with Crippen molar-refractivity contribution in [1.29, 1.82) is 0 Å². The first kappa shape index (κ1) is 15.5. The van der Waals surface area contributed by atoms with E-state index >= 15 is 0 Å². The van der Waals surface area contributed by atoms with Gasteiger partial charge in [0.15, 0.2) is 0 Å². The molecule has 1 atom stereocenters. The molecule has 1 fully saturated rings. The van der Waals surface area contributed by atoms with E-state index in [4.69, 9.17) is 4.74 Å². The third-order valence-corrected chi connectivity index (χ3v) is 3.61. The molecule has 1 aliphatic rings. The number of ether oxygens (including phenoxy) is 1. The third kappa shape index (κ3) is 8.51. The zero-order valence-corrected chi connectivity index (χ0v) is 11.5. The van der Waals surface area contributed by atoms with E-state index in [1.807, 2.05) is 0 Å². The average Bonchev–Trinajstić information content (AvgIpc) is 2.35. The van der Waals surface area contributed by atoms with Gasteiger partial charge in [0.1, 0.15) is 0 Å². The van der Waals surface area contributed by atoms with Gasteiger partial charge in [0.25, 0.3) is 0 Å². The molecule has 0 aromatic carbocycles.